The van der Waals surface area contributed by atoms with Crippen molar-refractivity contribution in [3.63, 3.8) is 0 Å². The van der Waals surface area contributed by atoms with Crippen LogP contribution in [0.1, 0.15) is 169 Å². The highest BCUT2D eigenvalue weighted by Gasteiger charge is 2.38. The summed E-state index contributed by atoms with van der Waals surface area (Å²) in [6.07, 6.45) is 4.03. The zero-order valence-electron chi connectivity index (χ0n) is 50.5. The van der Waals surface area contributed by atoms with Gasteiger partial charge in [-0.3, -0.25) is 29.1 Å². The first kappa shape index (κ1) is 72.2. The van der Waals surface area contributed by atoms with Crippen molar-refractivity contribution in [2.45, 2.75) is 224 Å². The molecule has 0 heterocycles. The standard InChI is InChI=1S/C23H38N2O3.C19H36N2O3.C17H34N2O3/c1-16(2)22(26)21(25(7)17(3)4)23(27)18(5)13-14-19(6)24-28-15-20-11-9-8-10-12-20;1-9-12-24-20-16(7)11-10-15(6)19(23)17(18(22)13(2)3)21(8)14(4)5;1-11(2)16(20)15(19(7)12(3)4)17(21)13(5)9-10-14(6)18-22-8/h8-12,16-18,21,23,27H,13-15H2,1-7H3;9,13-15,17,19,23H,1,10-12H2,2-8H3;11-13,15,17,21H,9-10H2,1-8H3/t18-,21-,23-;15-,17-,19-;13-,15-,17-/m111/s1. The quantitative estimate of drug-likeness (QED) is 0.0257. The van der Waals surface area contributed by atoms with E-state index in [1.807, 2.05) is 191 Å². The van der Waals surface area contributed by atoms with Crippen LogP contribution in [-0.2, 0) is 35.5 Å². The molecule has 15 nitrogen and oxygen atoms in total. The van der Waals surface area contributed by atoms with Crippen LogP contribution in [0.25, 0.3) is 0 Å². The predicted octanol–water partition coefficient (Wildman–Crippen LogP) is 10.3. The van der Waals surface area contributed by atoms with Gasteiger partial charge in [-0.1, -0.05) is 121 Å². The molecule has 0 amide bonds. The van der Waals surface area contributed by atoms with Crippen molar-refractivity contribution >= 4 is 34.5 Å². The number of oxime groups is 3. The van der Waals surface area contributed by atoms with Gasteiger partial charge in [0.05, 0.1) is 53.6 Å². The van der Waals surface area contributed by atoms with Gasteiger partial charge in [-0.15, -0.1) is 0 Å². The number of hydrogen-bond donors (Lipinski definition) is 3. The summed E-state index contributed by atoms with van der Waals surface area (Å²) < 4.78 is 0. The number of carbonyl (C=O) groups excluding carboxylic acids is 3. The normalized spacial score (nSPS) is 16.3. The second kappa shape index (κ2) is 38.6. The van der Waals surface area contributed by atoms with Gasteiger partial charge in [-0.05, 0) is 145 Å². The number of aliphatic hydroxyl groups is 3. The van der Waals surface area contributed by atoms with E-state index in [0.29, 0.717) is 13.2 Å². The van der Waals surface area contributed by atoms with Gasteiger partial charge < -0.3 is 29.8 Å². The first-order valence-corrected chi connectivity index (χ1v) is 27.2. The molecule has 0 spiro atoms. The average molecular weight is 1050 g/mol. The van der Waals surface area contributed by atoms with Crippen LogP contribution in [0.4, 0.5) is 0 Å². The minimum absolute atomic E-state index is 0.0101. The lowest BCUT2D eigenvalue weighted by molar-refractivity contribution is -0.134. The van der Waals surface area contributed by atoms with Gasteiger partial charge in [-0.25, -0.2) is 0 Å². The number of benzene rings is 1. The van der Waals surface area contributed by atoms with Crippen molar-refractivity contribution in [3.05, 3.63) is 48.6 Å². The Morgan fingerprint density at radius 1 is 0.527 bits per heavy atom. The van der Waals surface area contributed by atoms with Gasteiger partial charge in [0.2, 0.25) is 0 Å². The molecule has 0 radical (unpaired) electrons. The number of carbonyl (C=O) groups is 3. The van der Waals surface area contributed by atoms with Gasteiger partial charge in [0.25, 0.3) is 0 Å². The smallest absolute Gasteiger partial charge is 0.155 e. The van der Waals surface area contributed by atoms with Crippen LogP contribution in [0, 0.1) is 35.5 Å². The molecule has 0 saturated carbocycles. The van der Waals surface area contributed by atoms with E-state index in [1.54, 1.807) is 6.08 Å². The van der Waals surface area contributed by atoms with Crippen LogP contribution in [-0.4, -0.2) is 154 Å². The van der Waals surface area contributed by atoms with E-state index in [9.17, 15) is 29.7 Å². The van der Waals surface area contributed by atoms with Gasteiger partial charge >= 0.3 is 0 Å². The van der Waals surface area contributed by atoms with E-state index in [1.165, 1.54) is 7.11 Å². The summed E-state index contributed by atoms with van der Waals surface area (Å²) in [5.41, 5.74) is 3.74. The van der Waals surface area contributed by atoms with E-state index < -0.39 is 36.4 Å². The predicted molar refractivity (Wildman–Crippen MR) is 307 cm³/mol. The van der Waals surface area contributed by atoms with Gasteiger partial charge in [0.15, 0.2) is 17.3 Å². The second-order valence-electron chi connectivity index (χ2n) is 22.3. The van der Waals surface area contributed by atoms with E-state index in [2.05, 4.69) is 22.0 Å². The van der Waals surface area contributed by atoms with Crippen molar-refractivity contribution in [2.75, 3.05) is 34.9 Å². The first-order valence-electron chi connectivity index (χ1n) is 27.2. The maximum absolute atomic E-state index is 12.7. The molecule has 1 aromatic rings. The van der Waals surface area contributed by atoms with Crippen molar-refractivity contribution in [1.82, 2.24) is 14.7 Å². The number of Topliss-reactive ketones (excluding diaryl/α,β-unsaturated/α-hetero) is 3. The Bertz CT molecular complexity index is 1800. The molecule has 0 unspecified atom stereocenters. The second-order valence-corrected chi connectivity index (χ2v) is 22.3. The molecule has 9 atom stereocenters. The maximum atomic E-state index is 12.7. The average Bonchev–Trinajstić information content (AvgIpc) is 3.34. The highest BCUT2D eigenvalue weighted by molar-refractivity contribution is 5.87. The van der Waals surface area contributed by atoms with Crippen molar-refractivity contribution in [3.8, 4) is 0 Å². The van der Waals surface area contributed by atoms with Crippen molar-refractivity contribution < 1.29 is 44.2 Å². The number of ketones is 3. The third kappa shape index (κ3) is 27.8. The highest BCUT2D eigenvalue weighted by Crippen LogP contribution is 2.25. The Hall–Kier alpha value is -3.86. The Balaban J connectivity index is 0. The van der Waals surface area contributed by atoms with E-state index >= 15 is 0 Å². The Morgan fingerprint density at radius 2 is 0.824 bits per heavy atom. The summed E-state index contributed by atoms with van der Waals surface area (Å²) in [7, 11) is 7.25. The van der Waals surface area contributed by atoms with Crippen LogP contribution >= 0.6 is 0 Å². The molecule has 74 heavy (non-hydrogen) atoms. The topological polar surface area (TPSA) is 186 Å². The van der Waals surface area contributed by atoms with E-state index in [0.717, 1.165) is 61.2 Å². The van der Waals surface area contributed by atoms with Gasteiger partial charge in [0.1, 0.15) is 20.3 Å². The number of aliphatic hydroxyl groups excluding tert-OH is 3. The molecule has 0 aliphatic heterocycles. The maximum Gasteiger partial charge on any atom is 0.155 e. The summed E-state index contributed by atoms with van der Waals surface area (Å²) in [6.45, 7) is 39.6. The van der Waals surface area contributed by atoms with Crippen LogP contribution in [0.15, 0.2) is 58.5 Å². The van der Waals surface area contributed by atoms with Crippen LogP contribution in [0.3, 0.4) is 0 Å². The summed E-state index contributed by atoms with van der Waals surface area (Å²) in [6, 6.07) is 9.07. The molecule has 0 saturated heterocycles. The number of hydrogen-bond acceptors (Lipinski definition) is 15. The summed E-state index contributed by atoms with van der Waals surface area (Å²) in [5.74, 6) is -0.0519. The molecule has 15 heteroatoms. The van der Waals surface area contributed by atoms with E-state index in [4.69, 9.17) is 14.5 Å². The zero-order chi connectivity index (χ0) is 57.6. The summed E-state index contributed by atoms with van der Waals surface area (Å²) in [5, 5.41) is 44.5. The van der Waals surface area contributed by atoms with Crippen LogP contribution in [0.5, 0.6) is 0 Å². The monoisotopic (exact) mass is 1040 g/mol. The zero-order valence-corrected chi connectivity index (χ0v) is 50.5. The largest absolute Gasteiger partial charge is 0.399 e. The molecule has 428 valence electrons. The summed E-state index contributed by atoms with van der Waals surface area (Å²) >= 11 is 0. The third-order valence-corrected chi connectivity index (χ3v) is 13.9. The fourth-order valence-corrected chi connectivity index (χ4v) is 7.86. The first-order chi connectivity index (χ1) is 34.4. The lowest BCUT2D eigenvalue weighted by Crippen LogP contribution is -2.53. The molecule has 0 aromatic heterocycles. The molecule has 1 rings (SSSR count). The number of rotatable bonds is 34. The Kier molecular flexibility index (Phi) is 37.7. The Morgan fingerprint density at radius 3 is 1.09 bits per heavy atom. The number of likely N-dealkylation sites (N-methyl/N-ethyl adjacent to an activating group) is 3. The molecular formula is C59H108N6O9. The fourth-order valence-electron chi connectivity index (χ4n) is 7.86. The van der Waals surface area contributed by atoms with Crippen LogP contribution in [0.2, 0.25) is 0 Å². The molecule has 0 aliphatic rings. The SMILES string of the molecule is C=CCON=C(C)CC[C@@H](C)[C@@H](O)[C@@H](C(=O)C(C)C)N(C)C(C)C.CC(CC[C@@H](C)[C@@H](O)[C@@H](C(=O)C(C)C)N(C)C(C)C)=NOCc1ccccc1.CON=C(C)CC[C@@H](C)[C@@H](O)[C@@H](C(=O)C(C)C)N(C)C(C)C. The van der Waals surface area contributed by atoms with Crippen LogP contribution < -0.4 is 0 Å². The molecule has 0 fully saturated rings. The molecule has 1 aromatic carbocycles. The molecular weight excluding hydrogens is 937 g/mol. The number of nitrogens with zero attached hydrogens (tertiary/aromatic N) is 6. The lowest BCUT2D eigenvalue weighted by atomic mass is 9.86. The highest BCUT2D eigenvalue weighted by atomic mass is 16.6. The van der Waals surface area contributed by atoms with Crippen molar-refractivity contribution in [1.29, 1.82) is 0 Å². The fraction of sp³-hybridized carbons (Fsp3) is 0.763. The van der Waals surface area contributed by atoms with E-state index in [-0.39, 0.29) is 71.0 Å². The van der Waals surface area contributed by atoms with Gasteiger partial charge in [0, 0.05) is 35.9 Å². The third-order valence-electron chi connectivity index (χ3n) is 13.9. The minimum atomic E-state index is -0.708. The van der Waals surface area contributed by atoms with Gasteiger partial charge in [-0.2, -0.15) is 0 Å². The van der Waals surface area contributed by atoms with Crippen molar-refractivity contribution in [2.24, 2.45) is 51.0 Å². The Labute approximate surface area is 450 Å². The minimum Gasteiger partial charge on any atom is -0.399 e. The molecule has 0 bridgehead atoms. The lowest BCUT2D eigenvalue weighted by Gasteiger charge is -2.37. The molecule has 0 aliphatic carbocycles. The molecule has 3 N–H and O–H groups in total. The summed E-state index contributed by atoms with van der Waals surface area (Å²) in [4.78, 5) is 59.0.